The monoisotopic (exact) mass is 263 g/mol. The van der Waals surface area contributed by atoms with Crippen LogP contribution in [0.2, 0.25) is 0 Å². The first-order valence-corrected chi connectivity index (χ1v) is 5.51. The second-order valence-electron chi connectivity index (χ2n) is 4.05. The number of nitrogens with zero attached hydrogens (tertiary/aromatic N) is 2. The van der Waals surface area contributed by atoms with E-state index < -0.39 is 11.9 Å². The number of hydrogen-bond donors (Lipinski definition) is 1. The third kappa shape index (κ3) is 2.16. The van der Waals surface area contributed by atoms with Crippen molar-refractivity contribution in [2.24, 2.45) is 0 Å². The molecule has 19 heavy (non-hydrogen) atoms. The lowest BCUT2D eigenvalue weighted by Gasteiger charge is -2.02. The molecule has 2 aromatic heterocycles. The maximum Gasteiger partial charge on any atom is 0.432 e. The van der Waals surface area contributed by atoms with Gasteiger partial charge in [0, 0.05) is 17.1 Å². The van der Waals surface area contributed by atoms with Crippen LogP contribution in [0.15, 0.2) is 42.7 Å². The number of rotatable bonds is 1. The smallest absolute Gasteiger partial charge is 0.334 e. The molecule has 2 heterocycles. The molecule has 0 spiro atoms. The van der Waals surface area contributed by atoms with Crippen molar-refractivity contribution in [3.63, 3.8) is 0 Å². The van der Waals surface area contributed by atoms with Crippen LogP contribution in [0.4, 0.5) is 13.2 Å². The molecule has 3 nitrogen and oxygen atoms in total. The van der Waals surface area contributed by atoms with E-state index in [2.05, 4.69) is 15.0 Å². The summed E-state index contributed by atoms with van der Waals surface area (Å²) in [5.41, 5.74) is 0.527. The number of fused-ring (bicyclic) bond motifs is 1. The van der Waals surface area contributed by atoms with E-state index in [-0.39, 0.29) is 5.82 Å². The number of halogens is 3. The summed E-state index contributed by atoms with van der Waals surface area (Å²) in [7, 11) is 0. The molecule has 0 amide bonds. The average molecular weight is 263 g/mol. The zero-order valence-corrected chi connectivity index (χ0v) is 9.57. The van der Waals surface area contributed by atoms with Crippen molar-refractivity contribution in [3.05, 3.63) is 48.4 Å². The van der Waals surface area contributed by atoms with Crippen LogP contribution in [-0.2, 0) is 6.18 Å². The van der Waals surface area contributed by atoms with Crippen molar-refractivity contribution in [1.29, 1.82) is 0 Å². The Bertz CT molecular complexity index is 731. The molecule has 3 aromatic rings. The van der Waals surface area contributed by atoms with E-state index in [0.717, 1.165) is 17.1 Å². The molecule has 0 fully saturated rings. The lowest BCUT2D eigenvalue weighted by Crippen LogP contribution is -2.04. The molecule has 3 rings (SSSR count). The summed E-state index contributed by atoms with van der Waals surface area (Å²) in [6, 6.07) is 8.81. The highest BCUT2D eigenvalue weighted by molar-refractivity contribution is 5.83. The minimum absolute atomic E-state index is 0.193. The topological polar surface area (TPSA) is 41.6 Å². The number of pyridine rings is 1. The van der Waals surface area contributed by atoms with E-state index in [1.54, 1.807) is 30.5 Å². The fourth-order valence-electron chi connectivity index (χ4n) is 1.83. The fourth-order valence-corrected chi connectivity index (χ4v) is 1.83. The Kier molecular flexibility index (Phi) is 2.51. The molecule has 1 aromatic carbocycles. The third-order valence-electron chi connectivity index (χ3n) is 2.76. The van der Waals surface area contributed by atoms with E-state index in [1.165, 1.54) is 0 Å². The number of alkyl halides is 3. The van der Waals surface area contributed by atoms with Crippen molar-refractivity contribution >= 4 is 10.9 Å². The van der Waals surface area contributed by atoms with Crippen molar-refractivity contribution in [2.75, 3.05) is 0 Å². The van der Waals surface area contributed by atoms with Crippen LogP contribution in [0, 0.1) is 0 Å². The molecule has 0 saturated heterocycles. The highest BCUT2D eigenvalue weighted by Crippen LogP contribution is 2.29. The summed E-state index contributed by atoms with van der Waals surface area (Å²) in [5, 5.41) is 0.852. The number of nitrogens with one attached hydrogen (secondary N) is 1. The second kappa shape index (κ2) is 4.08. The lowest BCUT2D eigenvalue weighted by molar-refractivity contribution is -0.140. The molecular weight excluding hydrogens is 255 g/mol. The number of H-pyrrole nitrogens is 1. The first-order chi connectivity index (χ1) is 9.04. The molecule has 96 valence electrons. The van der Waals surface area contributed by atoms with Gasteiger partial charge in [-0.05, 0) is 24.3 Å². The van der Waals surface area contributed by atoms with Crippen LogP contribution in [0.3, 0.4) is 0 Å². The Morgan fingerprint density at radius 1 is 1.05 bits per heavy atom. The maximum atomic E-state index is 12.5. The zero-order chi connectivity index (χ0) is 13.5. The standard InChI is InChI=1S/C13H8F3N3/c14-13(15,16)11-7-18-12(19-11)9-3-4-10-8(6-9)2-1-5-17-10/h1-7H,(H,18,19). The normalized spacial score (nSPS) is 11.9. The van der Waals surface area contributed by atoms with E-state index >= 15 is 0 Å². The van der Waals surface area contributed by atoms with Crippen LogP contribution in [-0.4, -0.2) is 15.0 Å². The van der Waals surface area contributed by atoms with Gasteiger partial charge >= 0.3 is 6.18 Å². The van der Waals surface area contributed by atoms with Crippen LogP contribution >= 0.6 is 0 Å². The number of imidazole rings is 1. The Morgan fingerprint density at radius 3 is 2.63 bits per heavy atom. The van der Waals surface area contributed by atoms with Gasteiger partial charge in [-0.3, -0.25) is 4.98 Å². The predicted molar refractivity (Wildman–Crippen MR) is 64.3 cm³/mol. The summed E-state index contributed by atoms with van der Waals surface area (Å²) in [5.74, 6) is 0.193. The van der Waals surface area contributed by atoms with Crippen LogP contribution in [0.5, 0.6) is 0 Å². The highest BCUT2D eigenvalue weighted by Gasteiger charge is 2.33. The molecule has 0 aliphatic heterocycles. The van der Waals surface area contributed by atoms with Gasteiger partial charge in [0.15, 0.2) is 0 Å². The van der Waals surface area contributed by atoms with Crippen molar-refractivity contribution in [2.45, 2.75) is 6.18 Å². The fraction of sp³-hybridized carbons (Fsp3) is 0.0769. The Morgan fingerprint density at radius 2 is 1.89 bits per heavy atom. The quantitative estimate of drug-likeness (QED) is 0.728. The Labute approximate surface area is 106 Å². The second-order valence-corrected chi connectivity index (χ2v) is 4.05. The van der Waals surface area contributed by atoms with Gasteiger partial charge in [0.05, 0.1) is 11.7 Å². The lowest BCUT2D eigenvalue weighted by atomic mass is 10.1. The first-order valence-electron chi connectivity index (χ1n) is 5.51. The van der Waals surface area contributed by atoms with E-state index in [4.69, 9.17) is 0 Å². The summed E-state index contributed by atoms with van der Waals surface area (Å²) >= 11 is 0. The van der Waals surface area contributed by atoms with Gasteiger partial charge in [0.2, 0.25) is 0 Å². The maximum absolute atomic E-state index is 12.5. The Balaban J connectivity index is 2.07. The third-order valence-corrected chi connectivity index (χ3v) is 2.76. The van der Waals surface area contributed by atoms with Gasteiger partial charge in [0.1, 0.15) is 11.5 Å². The highest BCUT2D eigenvalue weighted by atomic mass is 19.4. The van der Waals surface area contributed by atoms with Crippen molar-refractivity contribution in [1.82, 2.24) is 15.0 Å². The van der Waals surface area contributed by atoms with Gasteiger partial charge < -0.3 is 4.98 Å². The van der Waals surface area contributed by atoms with E-state index in [9.17, 15) is 13.2 Å². The molecule has 0 radical (unpaired) electrons. The van der Waals surface area contributed by atoms with E-state index in [0.29, 0.717) is 5.56 Å². The average Bonchev–Trinajstić information content (AvgIpc) is 2.87. The number of aromatic nitrogens is 3. The van der Waals surface area contributed by atoms with Crippen molar-refractivity contribution in [3.8, 4) is 11.4 Å². The Hall–Kier alpha value is -2.37. The zero-order valence-electron chi connectivity index (χ0n) is 9.57. The number of benzene rings is 1. The molecule has 1 N–H and O–H groups in total. The minimum Gasteiger partial charge on any atom is -0.334 e. The summed E-state index contributed by atoms with van der Waals surface area (Å²) in [6.45, 7) is 0. The van der Waals surface area contributed by atoms with Gasteiger partial charge in [-0.2, -0.15) is 13.2 Å². The molecule has 0 aliphatic rings. The van der Waals surface area contributed by atoms with Gasteiger partial charge in [-0.15, -0.1) is 0 Å². The molecule has 0 atom stereocenters. The van der Waals surface area contributed by atoms with Crippen LogP contribution < -0.4 is 0 Å². The van der Waals surface area contributed by atoms with Gasteiger partial charge in [0.25, 0.3) is 0 Å². The summed E-state index contributed by atoms with van der Waals surface area (Å²) in [6.07, 6.45) is -1.96. The van der Waals surface area contributed by atoms with Gasteiger partial charge in [-0.25, -0.2) is 4.98 Å². The summed E-state index contributed by atoms with van der Waals surface area (Å²) < 4.78 is 37.5. The summed E-state index contributed by atoms with van der Waals surface area (Å²) in [4.78, 5) is 10.2. The molecule has 0 unspecified atom stereocenters. The number of aromatic amines is 1. The minimum atomic E-state index is -4.41. The number of hydrogen-bond acceptors (Lipinski definition) is 2. The van der Waals surface area contributed by atoms with Gasteiger partial charge in [-0.1, -0.05) is 6.07 Å². The molecule has 6 heteroatoms. The molecule has 0 saturated carbocycles. The first kappa shape index (κ1) is 11.7. The molecule has 0 bridgehead atoms. The molecular formula is C13H8F3N3. The van der Waals surface area contributed by atoms with Crippen molar-refractivity contribution < 1.29 is 13.2 Å². The van der Waals surface area contributed by atoms with E-state index in [1.807, 2.05) is 6.07 Å². The largest absolute Gasteiger partial charge is 0.432 e. The van der Waals surface area contributed by atoms with Crippen LogP contribution in [0.1, 0.15) is 5.69 Å². The van der Waals surface area contributed by atoms with Crippen LogP contribution in [0.25, 0.3) is 22.3 Å². The molecule has 0 aliphatic carbocycles. The predicted octanol–water partition coefficient (Wildman–Crippen LogP) is 3.64. The SMILES string of the molecule is FC(F)(F)c1cnc(-c2ccc3ncccc3c2)[nH]1.